The fourth-order valence-electron chi connectivity index (χ4n) is 3.79. The van der Waals surface area contributed by atoms with Crippen molar-refractivity contribution in [2.24, 2.45) is 0 Å². The van der Waals surface area contributed by atoms with E-state index in [9.17, 15) is 9.59 Å². The maximum absolute atomic E-state index is 12.4. The van der Waals surface area contributed by atoms with E-state index in [1.165, 1.54) is 5.56 Å². The third kappa shape index (κ3) is 3.56. The zero-order chi connectivity index (χ0) is 19.7. The lowest BCUT2D eigenvalue weighted by Crippen LogP contribution is -2.46. The summed E-state index contributed by atoms with van der Waals surface area (Å²) in [6.07, 6.45) is 4.06. The van der Waals surface area contributed by atoms with Crippen LogP contribution < -0.4 is 10.2 Å². The monoisotopic (exact) mass is 380 g/mol. The first-order valence-electron chi connectivity index (χ1n) is 9.80. The number of carbonyl (C=O) groups is 2. The molecule has 2 heterocycles. The Morgan fingerprint density at radius 3 is 2.86 bits per heavy atom. The molecule has 4 rings (SSSR count). The van der Waals surface area contributed by atoms with E-state index in [0.29, 0.717) is 11.6 Å². The highest BCUT2D eigenvalue weighted by molar-refractivity contribution is 5.95. The van der Waals surface area contributed by atoms with Gasteiger partial charge in [-0.25, -0.2) is 9.97 Å². The van der Waals surface area contributed by atoms with E-state index < -0.39 is 5.97 Å². The summed E-state index contributed by atoms with van der Waals surface area (Å²) < 4.78 is 0. The number of aryl methyl sites for hydroxylation is 1. The predicted molar refractivity (Wildman–Crippen MR) is 106 cm³/mol. The molecule has 2 aromatic rings. The van der Waals surface area contributed by atoms with Crippen molar-refractivity contribution in [1.82, 2.24) is 15.3 Å². The van der Waals surface area contributed by atoms with Gasteiger partial charge < -0.3 is 15.3 Å². The molecular formula is C21H24N4O3. The molecule has 1 aromatic heterocycles. The van der Waals surface area contributed by atoms with Gasteiger partial charge in [-0.15, -0.1) is 0 Å². The van der Waals surface area contributed by atoms with Crippen molar-refractivity contribution in [3.05, 3.63) is 41.1 Å². The molecule has 7 heteroatoms. The van der Waals surface area contributed by atoms with Gasteiger partial charge in [0.2, 0.25) is 5.95 Å². The molecule has 1 fully saturated rings. The van der Waals surface area contributed by atoms with Crippen LogP contribution in [-0.2, 0) is 17.6 Å². The van der Waals surface area contributed by atoms with Gasteiger partial charge in [0.05, 0.1) is 12.1 Å². The molecule has 1 aliphatic heterocycles. The molecule has 1 aromatic carbocycles. The van der Waals surface area contributed by atoms with Gasteiger partial charge >= 0.3 is 5.97 Å². The second-order valence-corrected chi connectivity index (χ2v) is 7.46. The lowest BCUT2D eigenvalue weighted by Gasteiger charge is -2.39. The Labute approximate surface area is 163 Å². The van der Waals surface area contributed by atoms with Crippen LogP contribution >= 0.6 is 0 Å². The number of anilines is 1. The number of aromatic nitrogens is 2. The van der Waals surface area contributed by atoms with Gasteiger partial charge in [-0.1, -0.05) is 12.1 Å². The summed E-state index contributed by atoms with van der Waals surface area (Å²) in [5, 5.41) is 11.4. The van der Waals surface area contributed by atoms with Crippen LogP contribution in [0, 0.1) is 0 Å². The van der Waals surface area contributed by atoms with Gasteiger partial charge in [0.25, 0.3) is 5.91 Å². The molecule has 0 bridgehead atoms. The number of benzene rings is 1. The third-order valence-corrected chi connectivity index (χ3v) is 5.52. The average Bonchev–Trinajstić information content (AvgIpc) is 3.14. The Bertz CT molecular complexity index is 928. The number of fused-ring (bicyclic) bond motifs is 1. The number of aliphatic carboxylic acids is 1. The largest absolute Gasteiger partial charge is 0.481 e. The van der Waals surface area contributed by atoms with E-state index in [-0.39, 0.29) is 18.9 Å². The number of carboxylic acid groups (broad SMARTS) is 1. The standard InChI is InChI=1S/C21H24N4O3/c1-13-9-11-25(13)21-23-17-7-3-6-16(17)19(24-21)14-4-2-5-15(12-14)20(28)22-10-8-18(26)27/h2,4-5,12-13H,3,6-11H2,1H3,(H,22,28)(H,26,27)/t13-/m0/s1. The normalized spacial score (nSPS) is 17.8. The van der Waals surface area contributed by atoms with Crippen molar-refractivity contribution in [1.29, 1.82) is 0 Å². The van der Waals surface area contributed by atoms with Gasteiger partial charge in [-0.3, -0.25) is 9.59 Å². The molecule has 1 saturated heterocycles. The molecule has 1 atom stereocenters. The summed E-state index contributed by atoms with van der Waals surface area (Å²) in [5.41, 5.74) is 4.63. The molecule has 1 aliphatic carbocycles. The average molecular weight is 380 g/mol. The van der Waals surface area contributed by atoms with E-state index in [2.05, 4.69) is 17.1 Å². The van der Waals surface area contributed by atoms with Crippen LogP contribution in [0.15, 0.2) is 24.3 Å². The Balaban J connectivity index is 1.64. The molecule has 146 valence electrons. The zero-order valence-corrected chi connectivity index (χ0v) is 15.9. The third-order valence-electron chi connectivity index (χ3n) is 5.52. The zero-order valence-electron chi connectivity index (χ0n) is 15.9. The SMILES string of the molecule is C[C@H]1CCN1c1nc2c(c(-c3cccc(C(=O)NCCC(=O)O)c3)n1)CCC2. The number of amides is 1. The Morgan fingerprint density at radius 2 is 2.14 bits per heavy atom. The van der Waals surface area contributed by atoms with E-state index >= 15 is 0 Å². The number of rotatable bonds is 6. The van der Waals surface area contributed by atoms with Crippen molar-refractivity contribution in [3.8, 4) is 11.3 Å². The Hall–Kier alpha value is -2.96. The minimum absolute atomic E-state index is 0.0950. The highest BCUT2D eigenvalue weighted by Gasteiger charge is 2.29. The van der Waals surface area contributed by atoms with Crippen molar-refractivity contribution in [2.45, 2.75) is 45.1 Å². The van der Waals surface area contributed by atoms with Crippen LogP contribution in [0.5, 0.6) is 0 Å². The number of hydrogen-bond donors (Lipinski definition) is 2. The Kier molecular flexibility index (Phi) is 4.98. The molecule has 0 saturated carbocycles. The van der Waals surface area contributed by atoms with E-state index in [0.717, 1.165) is 55.1 Å². The quantitative estimate of drug-likeness (QED) is 0.799. The highest BCUT2D eigenvalue weighted by atomic mass is 16.4. The summed E-state index contributed by atoms with van der Waals surface area (Å²) in [7, 11) is 0. The van der Waals surface area contributed by atoms with Gasteiger partial charge in [-0.2, -0.15) is 0 Å². The second-order valence-electron chi connectivity index (χ2n) is 7.46. The molecule has 2 N–H and O–H groups in total. The predicted octanol–water partition coefficient (Wildman–Crippen LogP) is 2.44. The fourth-order valence-corrected chi connectivity index (χ4v) is 3.79. The molecule has 1 amide bonds. The molecule has 28 heavy (non-hydrogen) atoms. The minimum atomic E-state index is -0.932. The lowest BCUT2D eigenvalue weighted by molar-refractivity contribution is -0.136. The van der Waals surface area contributed by atoms with Crippen LogP contribution in [0.1, 0.15) is 47.8 Å². The fraction of sp³-hybridized carbons (Fsp3) is 0.429. The van der Waals surface area contributed by atoms with Gasteiger partial charge in [0, 0.05) is 41.5 Å². The van der Waals surface area contributed by atoms with Crippen LogP contribution in [0.4, 0.5) is 5.95 Å². The summed E-state index contributed by atoms with van der Waals surface area (Å²) in [4.78, 5) is 34.9. The second kappa shape index (κ2) is 7.58. The molecule has 0 spiro atoms. The topological polar surface area (TPSA) is 95.4 Å². The van der Waals surface area contributed by atoms with Crippen molar-refractivity contribution < 1.29 is 14.7 Å². The number of carboxylic acids is 1. The molecule has 2 aliphatic rings. The van der Waals surface area contributed by atoms with Crippen LogP contribution in [0.25, 0.3) is 11.3 Å². The van der Waals surface area contributed by atoms with Crippen LogP contribution in [-0.4, -0.2) is 46.1 Å². The van der Waals surface area contributed by atoms with Crippen molar-refractivity contribution in [3.63, 3.8) is 0 Å². The Morgan fingerprint density at radius 1 is 1.29 bits per heavy atom. The van der Waals surface area contributed by atoms with E-state index in [1.54, 1.807) is 6.07 Å². The van der Waals surface area contributed by atoms with E-state index in [4.69, 9.17) is 15.1 Å². The summed E-state index contributed by atoms with van der Waals surface area (Å²) in [5.74, 6) is -0.422. The minimum Gasteiger partial charge on any atom is -0.481 e. The molecule has 7 nitrogen and oxygen atoms in total. The van der Waals surface area contributed by atoms with Gasteiger partial charge in [0.15, 0.2) is 0 Å². The number of hydrogen-bond acceptors (Lipinski definition) is 5. The number of carbonyl (C=O) groups excluding carboxylic acids is 1. The number of nitrogens with zero attached hydrogens (tertiary/aromatic N) is 3. The van der Waals surface area contributed by atoms with Crippen molar-refractivity contribution >= 4 is 17.8 Å². The molecule has 0 radical (unpaired) electrons. The molecule has 0 unspecified atom stereocenters. The molecular weight excluding hydrogens is 356 g/mol. The van der Waals surface area contributed by atoms with Gasteiger partial charge in [0.1, 0.15) is 0 Å². The first kappa shape index (κ1) is 18.4. The van der Waals surface area contributed by atoms with Gasteiger partial charge in [-0.05, 0) is 44.7 Å². The summed E-state index contributed by atoms with van der Waals surface area (Å²) in [6, 6.07) is 7.84. The first-order chi connectivity index (χ1) is 13.5. The lowest BCUT2D eigenvalue weighted by atomic mass is 10.0. The first-order valence-corrected chi connectivity index (χ1v) is 9.80. The highest BCUT2D eigenvalue weighted by Crippen LogP contribution is 2.34. The smallest absolute Gasteiger partial charge is 0.305 e. The van der Waals surface area contributed by atoms with Crippen LogP contribution in [0.3, 0.4) is 0 Å². The summed E-state index contributed by atoms with van der Waals surface area (Å²) in [6.45, 7) is 3.27. The van der Waals surface area contributed by atoms with Crippen LogP contribution in [0.2, 0.25) is 0 Å². The maximum atomic E-state index is 12.4. The summed E-state index contributed by atoms with van der Waals surface area (Å²) >= 11 is 0. The van der Waals surface area contributed by atoms with Crippen molar-refractivity contribution in [2.75, 3.05) is 18.0 Å². The maximum Gasteiger partial charge on any atom is 0.305 e. The van der Waals surface area contributed by atoms with E-state index in [1.807, 2.05) is 18.2 Å². The number of nitrogens with one attached hydrogen (secondary N) is 1.